The van der Waals surface area contributed by atoms with Crippen LogP contribution in [0.2, 0.25) is 0 Å². The Morgan fingerprint density at radius 2 is 1.52 bits per heavy atom. The number of carboxylic acids is 1. The molecule has 1 aromatic heterocycles. The first-order chi connectivity index (χ1) is 21.0. The van der Waals surface area contributed by atoms with Crippen molar-refractivity contribution in [2.75, 3.05) is 6.61 Å². The van der Waals surface area contributed by atoms with E-state index in [2.05, 4.69) is 12.1 Å². The van der Waals surface area contributed by atoms with E-state index in [0.29, 0.717) is 11.3 Å². The standard InChI is InChI=1S/C34H27F4NO3Se2/c1-20-17-28(15-16-29(20)42-19-31(40)41)43-30(18-22-3-5-23(6-4-22)24-9-13-27(35)14-10-24)32-21(2)39-33(44-32)25-7-11-26(12-8-25)34(36,37)38/h3-17,30H,18-19H2,1-2H3,(H,40,41). The average Bonchev–Trinajstić information content (AvgIpc) is 3.38. The number of nitrogens with zero attached hydrogens (tertiary/aromatic N) is 1. The molecule has 5 aromatic rings. The zero-order chi connectivity index (χ0) is 31.4. The molecule has 0 aliphatic heterocycles. The number of carbonyl (C=O) groups is 1. The van der Waals surface area contributed by atoms with Gasteiger partial charge in [-0.1, -0.05) is 0 Å². The summed E-state index contributed by atoms with van der Waals surface area (Å²) in [5.41, 5.74) is 4.78. The van der Waals surface area contributed by atoms with Gasteiger partial charge in [0.2, 0.25) is 0 Å². The van der Waals surface area contributed by atoms with Gasteiger partial charge in [0.15, 0.2) is 0 Å². The first-order valence-corrected chi connectivity index (χ1v) is 17.1. The molecular formula is C34H27F4NO3Se2. The number of aliphatic carboxylic acids is 1. The average molecular weight is 732 g/mol. The number of ether oxygens (including phenoxy) is 1. The van der Waals surface area contributed by atoms with Crippen LogP contribution in [-0.2, 0) is 17.4 Å². The van der Waals surface area contributed by atoms with Crippen LogP contribution in [0.5, 0.6) is 5.75 Å². The van der Waals surface area contributed by atoms with E-state index in [4.69, 9.17) is 14.8 Å². The minimum atomic E-state index is -4.40. The molecule has 0 amide bonds. The second kappa shape index (κ2) is 13.5. The third-order valence-electron chi connectivity index (χ3n) is 6.91. The Kier molecular flexibility index (Phi) is 9.76. The molecule has 1 unspecified atom stereocenters. The van der Waals surface area contributed by atoms with Gasteiger partial charge in [-0.2, -0.15) is 0 Å². The van der Waals surface area contributed by atoms with Gasteiger partial charge in [-0.25, -0.2) is 0 Å². The molecule has 0 bridgehead atoms. The van der Waals surface area contributed by atoms with E-state index < -0.39 is 24.3 Å². The quantitative estimate of drug-likeness (QED) is 0.124. The molecule has 1 N–H and O–H groups in total. The Hall–Kier alpha value is -3.68. The summed E-state index contributed by atoms with van der Waals surface area (Å²) >= 11 is -0.223. The van der Waals surface area contributed by atoms with Crippen molar-refractivity contribution >= 4 is 39.9 Å². The van der Waals surface area contributed by atoms with E-state index in [0.717, 1.165) is 55.5 Å². The van der Waals surface area contributed by atoms with E-state index in [-0.39, 0.29) is 40.1 Å². The monoisotopic (exact) mass is 733 g/mol. The van der Waals surface area contributed by atoms with Crippen molar-refractivity contribution in [3.8, 4) is 27.0 Å². The summed E-state index contributed by atoms with van der Waals surface area (Å²) in [6.07, 6.45) is -3.66. The molecule has 4 nitrogen and oxygen atoms in total. The third kappa shape index (κ3) is 7.88. The summed E-state index contributed by atoms with van der Waals surface area (Å²) in [5.74, 6) is -0.807. The number of rotatable bonds is 10. The molecule has 5 rings (SSSR count). The van der Waals surface area contributed by atoms with Gasteiger partial charge in [0, 0.05) is 0 Å². The number of carboxylic acid groups (broad SMARTS) is 1. The van der Waals surface area contributed by atoms with E-state index >= 15 is 0 Å². The molecule has 0 aliphatic rings. The number of benzene rings is 4. The van der Waals surface area contributed by atoms with Gasteiger partial charge in [-0.15, -0.1) is 0 Å². The van der Waals surface area contributed by atoms with Crippen molar-refractivity contribution in [1.29, 1.82) is 0 Å². The van der Waals surface area contributed by atoms with Crippen LogP contribution in [0.25, 0.3) is 21.3 Å². The van der Waals surface area contributed by atoms with Crippen LogP contribution >= 0.6 is 0 Å². The van der Waals surface area contributed by atoms with Crippen molar-refractivity contribution in [3.63, 3.8) is 0 Å². The first kappa shape index (κ1) is 31.7. The van der Waals surface area contributed by atoms with Crippen LogP contribution in [0.3, 0.4) is 0 Å². The maximum absolute atomic E-state index is 13.4. The molecule has 4 aromatic carbocycles. The third-order valence-corrected chi connectivity index (χ3v) is 13.0. The Morgan fingerprint density at radius 3 is 2.11 bits per heavy atom. The van der Waals surface area contributed by atoms with Crippen molar-refractivity contribution in [1.82, 2.24) is 4.98 Å². The predicted molar refractivity (Wildman–Crippen MR) is 164 cm³/mol. The van der Waals surface area contributed by atoms with Gasteiger partial charge in [0.05, 0.1) is 0 Å². The minimum absolute atomic E-state index is 0.0465. The summed E-state index contributed by atoms with van der Waals surface area (Å²) < 4.78 is 61.3. The fourth-order valence-electron chi connectivity index (χ4n) is 4.67. The molecule has 226 valence electrons. The fourth-order valence-corrected chi connectivity index (χ4v) is 10.6. The van der Waals surface area contributed by atoms with Gasteiger partial charge < -0.3 is 0 Å². The summed E-state index contributed by atoms with van der Waals surface area (Å²) in [6.45, 7) is 3.43. The second-order valence-corrected chi connectivity index (χ2v) is 15.0. The molecule has 0 aliphatic carbocycles. The molecule has 0 radical (unpaired) electrons. The first-order valence-electron chi connectivity index (χ1n) is 13.6. The van der Waals surface area contributed by atoms with Crippen LogP contribution in [0.4, 0.5) is 17.6 Å². The molecule has 44 heavy (non-hydrogen) atoms. The van der Waals surface area contributed by atoms with Gasteiger partial charge in [0.25, 0.3) is 0 Å². The molecule has 0 saturated carbocycles. The number of hydrogen-bond donors (Lipinski definition) is 1. The van der Waals surface area contributed by atoms with Crippen LogP contribution in [0, 0.1) is 19.7 Å². The summed E-state index contributed by atoms with van der Waals surface area (Å²) in [4.78, 5) is 15.9. The number of aryl methyl sites for hydroxylation is 2. The molecular weight excluding hydrogens is 704 g/mol. The Balaban J connectivity index is 1.44. The normalized spacial score (nSPS) is 12.2. The molecule has 0 spiro atoms. The topological polar surface area (TPSA) is 59.4 Å². The molecule has 1 atom stereocenters. The number of alkyl halides is 3. The fraction of sp³-hybridized carbons (Fsp3) is 0.176. The van der Waals surface area contributed by atoms with Crippen LogP contribution in [0.1, 0.15) is 31.6 Å². The van der Waals surface area contributed by atoms with E-state index in [9.17, 15) is 22.4 Å². The van der Waals surface area contributed by atoms with Crippen molar-refractivity contribution < 1.29 is 32.2 Å². The van der Waals surface area contributed by atoms with Gasteiger partial charge >= 0.3 is 266 Å². The van der Waals surface area contributed by atoms with Gasteiger partial charge in [-0.05, 0) is 0 Å². The predicted octanol–water partition coefficient (Wildman–Crippen LogP) is 7.02. The molecule has 1 heterocycles. The van der Waals surface area contributed by atoms with Crippen LogP contribution < -0.4 is 9.20 Å². The Labute approximate surface area is 264 Å². The Bertz CT molecular complexity index is 1750. The van der Waals surface area contributed by atoms with Crippen LogP contribution in [0.15, 0.2) is 91.0 Å². The zero-order valence-electron chi connectivity index (χ0n) is 23.7. The summed E-state index contributed by atoms with van der Waals surface area (Å²) in [7, 11) is 0. The van der Waals surface area contributed by atoms with E-state index in [1.807, 2.05) is 38.1 Å². The summed E-state index contributed by atoms with van der Waals surface area (Å²) in [6, 6.07) is 25.5. The van der Waals surface area contributed by atoms with Crippen molar-refractivity contribution in [2.24, 2.45) is 0 Å². The summed E-state index contributed by atoms with van der Waals surface area (Å²) in [5, 5.41) is 8.97. The zero-order valence-corrected chi connectivity index (χ0v) is 27.1. The number of hydrogen-bond acceptors (Lipinski definition) is 3. The second-order valence-electron chi connectivity index (χ2n) is 10.2. The molecule has 10 heteroatoms. The Morgan fingerprint density at radius 1 is 0.909 bits per heavy atom. The van der Waals surface area contributed by atoms with Crippen molar-refractivity contribution in [2.45, 2.75) is 31.3 Å². The van der Waals surface area contributed by atoms with E-state index in [1.54, 1.807) is 18.2 Å². The number of halogens is 4. The van der Waals surface area contributed by atoms with Crippen LogP contribution in [-0.4, -0.2) is 52.1 Å². The number of aromatic nitrogens is 1. The molecule has 0 saturated heterocycles. The maximum atomic E-state index is 13.4. The van der Waals surface area contributed by atoms with Gasteiger partial charge in [-0.3, -0.25) is 0 Å². The van der Waals surface area contributed by atoms with Gasteiger partial charge in [0.1, 0.15) is 0 Å². The molecule has 0 fully saturated rings. The van der Waals surface area contributed by atoms with E-state index in [1.165, 1.54) is 28.7 Å². The SMILES string of the molecule is Cc1cc([Se]C(Cc2ccc(-c3ccc(F)cc3)cc2)c2[se]c(-c3ccc(C(F)(F)F)cc3)nc2C)ccc1OCC(=O)O. The van der Waals surface area contributed by atoms with Crippen molar-refractivity contribution in [3.05, 3.63) is 124 Å².